The van der Waals surface area contributed by atoms with Crippen molar-refractivity contribution in [2.75, 3.05) is 0 Å². The second-order valence-corrected chi connectivity index (χ2v) is 10.3. The Labute approximate surface area is 164 Å². The van der Waals surface area contributed by atoms with Crippen LogP contribution in [0.25, 0.3) is 16.7 Å². The number of para-hydroxylation sites is 2. The summed E-state index contributed by atoms with van der Waals surface area (Å²) in [5, 5.41) is 0. The number of hydrogen-bond donors (Lipinski definition) is 0. The van der Waals surface area contributed by atoms with Crippen molar-refractivity contribution < 1.29 is 4.57 Å². The largest absolute Gasteiger partial charge is 0.267 e. The second kappa shape index (κ2) is 6.51. The van der Waals surface area contributed by atoms with Crippen molar-refractivity contribution >= 4 is 11.0 Å². The van der Waals surface area contributed by atoms with Gasteiger partial charge in [0.25, 0.3) is 5.82 Å². The molecule has 1 heterocycles. The molecule has 1 aromatic heterocycles. The van der Waals surface area contributed by atoms with Crippen molar-refractivity contribution in [2.45, 2.75) is 67.2 Å². The van der Waals surface area contributed by atoms with Gasteiger partial charge in [-0.15, -0.1) is 0 Å². The average molecular weight is 364 g/mol. The van der Waals surface area contributed by atoms with Crippen molar-refractivity contribution in [2.24, 2.45) is 12.5 Å². The van der Waals surface area contributed by atoms with Gasteiger partial charge < -0.3 is 0 Å². The lowest BCUT2D eigenvalue weighted by Gasteiger charge is -2.21. The Bertz CT molecular complexity index is 969. The molecular formula is C25H35N2+. The molecule has 0 amide bonds. The average Bonchev–Trinajstić information content (AvgIpc) is 2.78. The monoisotopic (exact) mass is 363 g/mol. The van der Waals surface area contributed by atoms with Gasteiger partial charge in [0.05, 0.1) is 12.5 Å². The highest BCUT2D eigenvalue weighted by atomic mass is 15.2. The van der Waals surface area contributed by atoms with Gasteiger partial charge in [-0.2, -0.15) is 4.57 Å². The molecule has 2 nitrogen and oxygen atoms in total. The molecule has 0 bridgehead atoms. The van der Waals surface area contributed by atoms with Crippen LogP contribution in [-0.4, -0.2) is 4.57 Å². The molecule has 0 atom stereocenters. The lowest BCUT2D eigenvalue weighted by Crippen LogP contribution is -2.39. The van der Waals surface area contributed by atoms with Gasteiger partial charge in [-0.25, -0.2) is 4.57 Å². The number of nitrogens with zero attached hydrogens (tertiary/aromatic N) is 2. The number of rotatable bonds is 2. The highest BCUT2D eigenvalue weighted by molar-refractivity contribution is 5.76. The first kappa shape index (κ1) is 19.7. The van der Waals surface area contributed by atoms with Crippen LogP contribution in [0.1, 0.15) is 64.1 Å². The summed E-state index contributed by atoms with van der Waals surface area (Å²) < 4.78 is 4.85. The van der Waals surface area contributed by atoms with Gasteiger partial charge in [0, 0.05) is 0 Å². The van der Waals surface area contributed by atoms with E-state index >= 15 is 0 Å². The number of benzene rings is 2. The van der Waals surface area contributed by atoms with E-state index in [1.807, 2.05) is 0 Å². The Hall–Kier alpha value is -2.09. The molecule has 2 heteroatoms. The zero-order chi connectivity index (χ0) is 20.1. The van der Waals surface area contributed by atoms with Gasteiger partial charge in [-0.3, -0.25) is 0 Å². The van der Waals surface area contributed by atoms with Crippen LogP contribution in [0, 0.1) is 19.3 Å². The predicted molar refractivity (Wildman–Crippen MR) is 116 cm³/mol. The van der Waals surface area contributed by atoms with Crippen LogP contribution >= 0.6 is 0 Å². The predicted octanol–water partition coefficient (Wildman–Crippen LogP) is 5.96. The minimum Gasteiger partial charge on any atom is -0.229 e. The number of hydrogen-bond acceptors (Lipinski definition) is 0. The maximum absolute atomic E-state index is 2.49. The zero-order valence-electron chi connectivity index (χ0n) is 18.6. The molecule has 0 aliphatic rings. The summed E-state index contributed by atoms with van der Waals surface area (Å²) in [5.74, 6) is 1.33. The van der Waals surface area contributed by atoms with E-state index in [9.17, 15) is 0 Å². The molecule has 3 aromatic rings. The van der Waals surface area contributed by atoms with E-state index in [1.54, 1.807) is 0 Å². The Balaban J connectivity index is 2.33. The lowest BCUT2D eigenvalue weighted by atomic mass is 9.86. The molecule has 27 heavy (non-hydrogen) atoms. The second-order valence-electron chi connectivity index (χ2n) is 10.3. The molecular weight excluding hydrogens is 328 g/mol. The van der Waals surface area contributed by atoms with Crippen LogP contribution in [-0.2, 0) is 18.9 Å². The fourth-order valence-electron chi connectivity index (χ4n) is 4.49. The molecule has 0 saturated carbocycles. The molecule has 0 radical (unpaired) electrons. The van der Waals surface area contributed by atoms with Crippen molar-refractivity contribution in [1.29, 1.82) is 0 Å². The number of aryl methyl sites for hydroxylation is 3. The molecule has 0 fully saturated rings. The number of aromatic nitrogens is 2. The van der Waals surface area contributed by atoms with Crippen LogP contribution in [0.4, 0.5) is 0 Å². The van der Waals surface area contributed by atoms with Crippen molar-refractivity contribution in [3.8, 4) is 5.69 Å². The van der Waals surface area contributed by atoms with Gasteiger partial charge in [0.1, 0.15) is 5.69 Å². The van der Waals surface area contributed by atoms with Gasteiger partial charge in [0.2, 0.25) is 0 Å². The quantitative estimate of drug-likeness (QED) is 0.497. The molecule has 0 spiro atoms. The minimum absolute atomic E-state index is 0.0384. The highest BCUT2D eigenvalue weighted by Gasteiger charge is 2.34. The normalized spacial score (nSPS) is 12.8. The number of imidazole rings is 1. The Kier molecular flexibility index (Phi) is 4.74. The van der Waals surface area contributed by atoms with E-state index in [4.69, 9.17) is 0 Å². The summed E-state index contributed by atoms with van der Waals surface area (Å²) >= 11 is 0. The van der Waals surface area contributed by atoms with Crippen LogP contribution in [0.3, 0.4) is 0 Å². The van der Waals surface area contributed by atoms with E-state index in [0.29, 0.717) is 5.41 Å². The van der Waals surface area contributed by atoms with Crippen LogP contribution in [0.5, 0.6) is 0 Å². The third-order valence-electron chi connectivity index (χ3n) is 5.19. The molecule has 0 aliphatic carbocycles. The van der Waals surface area contributed by atoms with Gasteiger partial charge >= 0.3 is 0 Å². The standard InChI is InChI=1S/C25H35N2/c1-17-14-19(16-24(3,4)5)15-18(2)22(17)27-21-13-11-10-12-20(21)26(9)23(27)25(6,7)8/h10-15H,16H2,1-9H3/q+1. The van der Waals surface area contributed by atoms with E-state index in [2.05, 4.69) is 108 Å². The molecule has 3 rings (SSSR count). The summed E-state index contributed by atoms with van der Waals surface area (Å²) in [5.41, 5.74) is 8.34. The first-order valence-electron chi connectivity index (χ1n) is 10.0. The zero-order valence-corrected chi connectivity index (χ0v) is 18.6. The smallest absolute Gasteiger partial charge is 0.229 e. The van der Waals surface area contributed by atoms with Crippen LogP contribution in [0.15, 0.2) is 36.4 Å². The molecule has 144 valence electrons. The van der Waals surface area contributed by atoms with Crippen molar-refractivity contribution in [1.82, 2.24) is 4.57 Å². The SMILES string of the molecule is Cc1cc(CC(C)(C)C)cc(C)c1-n1c(C(C)(C)C)[n+](C)c2ccccc21. The van der Waals surface area contributed by atoms with E-state index in [-0.39, 0.29) is 5.41 Å². The first-order valence-corrected chi connectivity index (χ1v) is 10.0. The lowest BCUT2D eigenvalue weighted by molar-refractivity contribution is -0.657. The first-order chi connectivity index (χ1) is 12.4. The third-order valence-corrected chi connectivity index (χ3v) is 5.19. The maximum Gasteiger partial charge on any atom is 0.267 e. The fraction of sp³-hybridized carbons (Fsp3) is 0.480. The minimum atomic E-state index is 0.0384. The van der Waals surface area contributed by atoms with Crippen LogP contribution in [0.2, 0.25) is 0 Å². The third kappa shape index (κ3) is 3.67. The molecule has 0 saturated heterocycles. The van der Waals surface area contributed by atoms with E-state index in [0.717, 1.165) is 6.42 Å². The summed E-state index contributed by atoms with van der Waals surface area (Å²) in [7, 11) is 2.19. The maximum atomic E-state index is 2.49. The Morgan fingerprint density at radius 3 is 1.96 bits per heavy atom. The summed E-state index contributed by atoms with van der Waals surface area (Å²) in [6.07, 6.45) is 1.10. The molecule has 0 N–H and O–H groups in total. The van der Waals surface area contributed by atoms with Gasteiger partial charge in [0.15, 0.2) is 11.0 Å². The summed E-state index contributed by atoms with van der Waals surface area (Å²) in [4.78, 5) is 0. The van der Waals surface area contributed by atoms with Crippen molar-refractivity contribution in [3.63, 3.8) is 0 Å². The Morgan fingerprint density at radius 2 is 1.44 bits per heavy atom. The van der Waals surface area contributed by atoms with Gasteiger partial charge in [-0.1, -0.05) is 45.0 Å². The Morgan fingerprint density at radius 1 is 0.889 bits per heavy atom. The molecule has 0 unspecified atom stereocenters. The van der Waals surface area contributed by atoms with Crippen molar-refractivity contribution in [3.05, 3.63) is 58.9 Å². The van der Waals surface area contributed by atoms with Gasteiger partial charge in [-0.05, 0) is 75.3 Å². The van der Waals surface area contributed by atoms with E-state index < -0.39 is 0 Å². The molecule has 0 aliphatic heterocycles. The molecule has 2 aromatic carbocycles. The number of fused-ring (bicyclic) bond motifs is 1. The highest BCUT2D eigenvalue weighted by Crippen LogP contribution is 2.32. The van der Waals surface area contributed by atoms with E-state index in [1.165, 1.54) is 39.2 Å². The summed E-state index contributed by atoms with van der Waals surface area (Å²) in [6.45, 7) is 18.3. The fourth-order valence-corrected chi connectivity index (χ4v) is 4.49. The topological polar surface area (TPSA) is 8.81 Å². The summed E-state index contributed by atoms with van der Waals surface area (Å²) in [6, 6.07) is 13.5. The van der Waals surface area contributed by atoms with Crippen LogP contribution < -0.4 is 4.57 Å².